The van der Waals surface area contributed by atoms with Gasteiger partial charge in [-0.15, -0.1) is 0 Å². The van der Waals surface area contributed by atoms with Crippen LogP contribution in [-0.4, -0.2) is 46.1 Å². The molecule has 0 aromatic rings. The molecule has 0 spiro atoms. The van der Waals surface area contributed by atoms with Gasteiger partial charge in [-0.3, -0.25) is 4.79 Å². The van der Waals surface area contributed by atoms with E-state index in [-0.39, 0.29) is 18.9 Å². The second-order valence-corrected chi connectivity index (χ2v) is 17.0. The van der Waals surface area contributed by atoms with Gasteiger partial charge < -0.3 is 20.6 Å². The molecule has 5 nitrogen and oxygen atoms in total. The molecule has 0 heterocycles. The summed E-state index contributed by atoms with van der Waals surface area (Å²) in [5.74, 6) is -0.333. The van der Waals surface area contributed by atoms with Gasteiger partial charge in [0, 0.05) is 0 Å². The molecule has 57 heavy (non-hydrogen) atoms. The summed E-state index contributed by atoms with van der Waals surface area (Å²) in [7, 11) is 0. The predicted molar refractivity (Wildman–Crippen MR) is 250 cm³/mol. The summed E-state index contributed by atoms with van der Waals surface area (Å²) in [4.78, 5) is 12.5. The fourth-order valence-electron chi connectivity index (χ4n) is 7.48. The smallest absolute Gasteiger partial charge is 0.222 e. The van der Waals surface area contributed by atoms with Crippen molar-refractivity contribution in [1.29, 1.82) is 0 Å². The average molecular weight is 800 g/mol. The highest BCUT2D eigenvalue weighted by atomic mass is 16.3. The fourth-order valence-corrected chi connectivity index (χ4v) is 7.48. The molecule has 0 saturated heterocycles. The number of amides is 1. The largest absolute Gasteiger partial charge is 0.394 e. The number of nitrogens with one attached hydrogen (secondary N) is 1. The topological polar surface area (TPSA) is 89.8 Å². The van der Waals surface area contributed by atoms with Crippen molar-refractivity contribution >= 4 is 5.91 Å². The third kappa shape index (κ3) is 43.7. The number of aliphatic hydroxyl groups excluding tert-OH is 3. The van der Waals surface area contributed by atoms with Crippen molar-refractivity contribution in [2.75, 3.05) is 6.61 Å². The third-order valence-electron chi connectivity index (χ3n) is 11.3. The molecule has 3 atom stereocenters. The van der Waals surface area contributed by atoms with Gasteiger partial charge in [0.25, 0.3) is 0 Å². The summed E-state index contributed by atoms with van der Waals surface area (Å²) in [5, 5.41) is 33.3. The van der Waals surface area contributed by atoms with Gasteiger partial charge in [-0.1, -0.05) is 223 Å². The lowest BCUT2D eigenvalue weighted by Crippen LogP contribution is -2.45. The first-order valence-corrected chi connectivity index (χ1v) is 24.9. The van der Waals surface area contributed by atoms with Crippen LogP contribution < -0.4 is 5.32 Å². The first-order chi connectivity index (χ1) is 28.0. The van der Waals surface area contributed by atoms with Crippen LogP contribution in [0.25, 0.3) is 0 Å². The molecule has 0 aliphatic heterocycles. The first-order valence-electron chi connectivity index (χ1n) is 24.9. The number of allylic oxidation sites excluding steroid dienone is 7. The molecule has 0 radical (unpaired) electrons. The van der Waals surface area contributed by atoms with E-state index in [1.54, 1.807) is 6.08 Å². The first kappa shape index (κ1) is 55.3. The van der Waals surface area contributed by atoms with Gasteiger partial charge in [-0.05, 0) is 70.6 Å². The minimum Gasteiger partial charge on any atom is -0.394 e. The van der Waals surface area contributed by atoms with E-state index >= 15 is 0 Å². The molecule has 4 N–H and O–H groups in total. The van der Waals surface area contributed by atoms with Crippen LogP contribution in [0.5, 0.6) is 0 Å². The Balaban J connectivity index is 3.71. The van der Waals surface area contributed by atoms with Gasteiger partial charge in [0.2, 0.25) is 5.91 Å². The molecule has 0 aliphatic carbocycles. The normalized spacial score (nSPS) is 13.8. The van der Waals surface area contributed by atoms with Crippen molar-refractivity contribution in [1.82, 2.24) is 5.32 Å². The van der Waals surface area contributed by atoms with Crippen LogP contribution in [-0.2, 0) is 4.79 Å². The number of hydrogen-bond acceptors (Lipinski definition) is 4. The van der Waals surface area contributed by atoms with Gasteiger partial charge in [-0.2, -0.15) is 0 Å². The Kier molecular flexibility index (Phi) is 45.6. The van der Waals surface area contributed by atoms with Crippen molar-refractivity contribution in [3.05, 3.63) is 48.6 Å². The lowest BCUT2D eigenvalue weighted by Gasteiger charge is -2.20. The van der Waals surface area contributed by atoms with E-state index in [9.17, 15) is 20.1 Å². The molecule has 1 amide bonds. The highest BCUT2D eigenvalue weighted by molar-refractivity contribution is 5.76. The van der Waals surface area contributed by atoms with E-state index < -0.39 is 18.2 Å². The van der Waals surface area contributed by atoms with E-state index in [1.165, 1.54) is 173 Å². The molecule has 0 bridgehead atoms. The molecule has 5 heteroatoms. The molecule has 0 fully saturated rings. The van der Waals surface area contributed by atoms with Gasteiger partial charge in [0.15, 0.2) is 0 Å². The highest BCUT2D eigenvalue weighted by Crippen LogP contribution is 2.15. The number of unbranched alkanes of at least 4 members (excludes halogenated alkanes) is 30. The Morgan fingerprint density at radius 2 is 0.754 bits per heavy atom. The minimum atomic E-state index is -0.963. The molecular weight excluding hydrogens is 703 g/mol. The number of hydrogen-bond donors (Lipinski definition) is 4. The summed E-state index contributed by atoms with van der Waals surface area (Å²) in [6, 6.07) is -0.771. The number of rotatable bonds is 45. The Morgan fingerprint density at radius 1 is 0.439 bits per heavy atom. The summed E-state index contributed by atoms with van der Waals surface area (Å²) >= 11 is 0. The van der Waals surface area contributed by atoms with Crippen molar-refractivity contribution in [3.8, 4) is 0 Å². The van der Waals surface area contributed by atoms with E-state index in [2.05, 4.69) is 55.6 Å². The van der Waals surface area contributed by atoms with Crippen LogP contribution >= 0.6 is 0 Å². The third-order valence-corrected chi connectivity index (χ3v) is 11.3. The zero-order valence-corrected chi connectivity index (χ0v) is 38.0. The minimum absolute atomic E-state index is 0.00373. The SMILES string of the molecule is CCCCCCCCCCCCC/C=C\CCCCCCCC(O)CC(=O)NC(CO)C(O)/C=C/CC/C=C/CC/C=C/CCCCCCCCCCCCCC. The summed E-state index contributed by atoms with van der Waals surface area (Å²) in [5.41, 5.74) is 0. The lowest BCUT2D eigenvalue weighted by molar-refractivity contribution is -0.124. The Labute approximate surface area is 355 Å². The van der Waals surface area contributed by atoms with Crippen LogP contribution in [0.4, 0.5) is 0 Å². The van der Waals surface area contributed by atoms with Gasteiger partial charge >= 0.3 is 0 Å². The predicted octanol–water partition coefficient (Wildman–Crippen LogP) is 14.9. The van der Waals surface area contributed by atoms with E-state index in [0.29, 0.717) is 6.42 Å². The maximum Gasteiger partial charge on any atom is 0.222 e. The van der Waals surface area contributed by atoms with Crippen molar-refractivity contribution in [2.24, 2.45) is 0 Å². The number of aliphatic hydroxyl groups is 3. The molecular formula is C52H97NO4. The van der Waals surface area contributed by atoms with Crippen LogP contribution in [0.15, 0.2) is 48.6 Å². The van der Waals surface area contributed by atoms with E-state index in [4.69, 9.17) is 0 Å². The Morgan fingerprint density at radius 3 is 1.12 bits per heavy atom. The van der Waals surface area contributed by atoms with Crippen molar-refractivity contribution in [3.63, 3.8) is 0 Å². The standard InChI is InChI=1S/C52H97NO4/c1-3-5-7-9-11-13-15-17-19-21-23-25-26-28-30-32-34-36-38-40-42-44-46-51(56)50(48-54)53-52(57)47-49(55)45-43-41-39-37-35-33-31-29-27-24-22-20-18-16-14-12-10-8-6-4-2/h28-31,36,38,44,46,49-51,54-56H,3-27,32-35,37,39-43,45,47-48H2,1-2H3,(H,53,57)/b30-28+,31-29-,38-36+,46-44+. The van der Waals surface area contributed by atoms with E-state index in [1.807, 2.05) is 6.08 Å². The maximum absolute atomic E-state index is 12.5. The quantitative estimate of drug-likeness (QED) is 0.0365. The zero-order valence-electron chi connectivity index (χ0n) is 38.0. The van der Waals surface area contributed by atoms with E-state index in [0.717, 1.165) is 51.4 Å². The van der Waals surface area contributed by atoms with Gasteiger partial charge in [0.1, 0.15) is 0 Å². The Hall–Kier alpha value is -1.69. The molecule has 0 aromatic carbocycles. The van der Waals surface area contributed by atoms with Crippen LogP contribution in [0.3, 0.4) is 0 Å². The average Bonchev–Trinajstić information content (AvgIpc) is 3.20. The molecule has 0 saturated carbocycles. The number of carbonyl (C=O) groups is 1. The highest BCUT2D eigenvalue weighted by Gasteiger charge is 2.20. The fraction of sp³-hybridized carbons (Fsp3) is 0.827. The second-order valence-electron chi connectivity index (χ2n) is 17.0. The summed E-state index contributed by atoms with van der Waals surface area (Å²) in [6.45, 7) is 4.21. The molecule has 334 valence electrons. The van der Waals surface area contributed by atoms with Gasteiger partial charge in [0.05, 0.1) is 31.3 Å². The van der Waals surface area contributed by atoms with Crippen LogP contribution in [0.2, 0.25) is 0 Å². The van der Waals surface area contributed by atoms with Gasteiger partial charge in [-0.25, -0.2) is 0 Å². The van der Waals surface area contributed by atoms with Crippen LogP contribution in [0.1, 0.15) is 251 Å². The maximum atomic E-state index is 12.5. The second kappa shape index (κ2) is 47.0. The van der Waals surface area contributed by atoms with Crippen LogP contribution in [0, 0.1) is 0 Å². The van der Waals surface area contributed by atoms with Crippen molar-refractivity contribution in [2.45, 2.75) is 270 Å². The lowest BCUT2D eigenvalue weighted by atomic mass is 10.0. The number of carbonyl (C=O) groups excluding carboxylic acids is 1. The Bertz CT molecular complexity index is 927. The molecule has 3 unspecified atom stereocenters. The summed E-state index contributed by atoms with van der Waals surface area (Å²) < 4.78 is 0. The monoisotopic (exact) mass is 800 g/mol. The molecule has 0 aliphatic rings. The zero-order chi connectivity index (χ0) is 41.5. The van der Waals surface area contributed by atoms with Crippen molar-refractivity contribution < 1.29 is 20.1 Å². The summed E-state index contributed by atoms with van der Waals surface area (Å²) in [6.07, 6.45) is 61.3. The molecule has 0 aromatic heterocycles. The molecule has 0 rings (SSSR count).